The summed E-state index contributed by atoms with van der Waals surface area (Å²) in [7, 11) is 0. The topological polar surface area (TPSA) is 26.0 Å². The van der Waals surface area contributed by atoms with Gasteiger partial charge in [0.15, 0.2) is 5.76 Å². The van der Waals surface area contributed by atoms with E-state index in [1.807, 2.05) is 36.4 Å². The Balaban J connectivity index is 1.94. The van der Waals surface area contributed by atoms with Gasteiger partial charge in [-0.05, 0) is 30.7 Å². The molecule has 88 valence electrons. The predicted molar refractivity (Wildman–Crippen MR) is 74.1 cm³/mol. The number of fused-ring (bicyclic) bond motifs is 1. The highest BCUT2D eigenvalue weighted by molar-refractivity contribution is 5.88. The summed E-state index contributed by atoms with van der Waals surface area (Å²) in [5.41, 5.74) is 3.31. The van der Waals surface area contributed by atoms with E-state index in [-0.39, 0.29) is 0 Å². The van der Waals surface area contributed by atoms with Gasteiger partial charge in [-0.1, -0.05) is 53.2 Å². The molecule has 0 radical (unpaired) electrons. The molecule has 0 aliphatic heterocycles. The summed E-state index contributed by atoms with van der Waals surface area (Å²) in [6.07, 6.45) is 3.99. The van der Waals surface area contributed by atoms with Crippen LogP contribution in [0.4, 0.5) is 0 Å². The molecule has 2 aromatic carbocycles. The lowest BCUT2D eigenvalue weighted by atomic mass is 10.1. The molecular weight excluding hydrogens is 222 g/mol. The second-order valence-electron chi connectivity index (χ2n) is 4.31. The molecule has 0 atom stereocenters. The Kier molecular flexibility index (Phi) is 2.69. The highest BCUT2D eigenvalue weighted by atomic mass is 16.5. The van der Waals surface area contributed by atoms with Crippen LogP contribution in [0.25, 0.3) is 23.1 Å². The van der Waals surface area contributed by atoms with Gasteiger partial charge in [-0.25, -0.2) is 0 Å². The summed E-state index contributed by atoms with van der Waals surface area (Å²) in [4.78, 5) is 0. The summed E-state index contributed by atoms with van der Waals surface area (Å²) < 4.78 is 5.32. The van der Waals surface area contributed by atoms with Crippen LogP contribution in [0.5, 0.6) is 0 Å². The van der Waals surface area contributed by atoms with Gasteiger partial charge in [0.05, 0.1) is 0 Å². The van der Waals surface area contributed by atoms with Crippen LogP contribution in [-0.2, 0) is 0 Å². The fourth-order valence-electron chi connectivity index (χ4n) is 1.88. The Morgan fingerprint density at radius 1 is 0.944 bits per heavy atom. The van der Waals surface area contributed by atoms with Gasteiger partial charge in [0.25, 0.3) is 0 Å². The third-order valence-electron chi connectivity index (χ3n) is 2.92. The number of hydrogen-bond acceptors (Lipinski definition) is 2. The van der Waals surface area contributed by atoms with E-state index < -0.39 is 0 Å². The largest absolute Gasteiger partial charge is 0.356 e. The standard InChI is InChI=1S/C16H13NO/c1-12-6-8-13(9-7-12)10-11-16-14-4-2-3-5-15(14)17-18-16/h2-11H,1H3/b11-10+. The number of hydrogen-bond donors (Lipinski definition) is 0. The van der Waals surface area contributed by atoms with Crippen molar-refractivity contribution in [1.82, 2.24) is 5.16 Å². The minimum Gasteiger partial charge on any atom is -0.356 e. The third kappa shape index (κ3) is 2.05. The minimum absolute atomic E-state index is 0.797. The summed E-state index contributed by atoms with van der Waals surface area (Å²) in [5, 5.41) is 5.06. The van der Waals surface area contributed by atoms with E-state index in [0.717, 1.165) is 22.2 Å². The molecule has 0 aliphatic rings. The number of rotatable bonds is 2. The molecule has 0 saturated carbocycles. The first-order valence-corrected chi connectivity index (χ1v) is 5.92. The Bertz CT molecular complexity index is 692. The molecule has 0 bridgehead atoms. The van der Waals surface area contributed by atoms with Crippen LogP contribution >= 0.6 is 0 Å². The van der Waals surface area contributed by atoms with Gasteiger partial charge in [-0.3, -0.25) is 0 Å². The van der Waals surface area contributed by atoms with Crippen LogP contribution in [0.15, 0.2) is 53.1 Å². The molecule has 0 saturated heterocycles. The molecule has 3 rings (SSSR count). The number of nitrogens with zero attached hydrogens (tertiary/aromatic N) is 1. The second kappa shape index (κ2) is 4.49. The Morgan fingerprint density at radius 2 is 1.72 bits per heavy atom. The first-order chi connectivity index (χ1) is 8.83. The number of benzene rings is 2. The fraction of sp³-hybridized carbons (Fsp3) is 0.0625. The highest BCUT2D eigenvalue weighted by Gasteiger charge is 2.03. The van der Waals surface area contributed by atoms with Gasteiger partial charge >= 0.3 is 0 Å². The second-order valence-corrected chi connectivity index (χ2v) is 4.31. The fourth-order valence-corrected chi connectivity index (χ4v) is 1.88. The molecule has 3 aromatic rings. The normalized spacial score (nSPS) is 11.4. The number of aryl methyl sites for hydroxylation is 1. The van der Waals surface area contributed by atoms with Crippen LogP contribution in [-0.4, -0.2) is 5.16 Å². The van der Waals surface area contributed by atoms with E-state index in [0.29, 0.717) is 0 Å². The first kappa shape index (κ1) is 10.8. The molecule has 1 aromatic heterocycles. The lowest BCUT2D eigenvalue weighted by molar-refractivity contribution is 0.421. The van der Waals surface area contributed by atoms with E-state index >= 15 is 0 Å². The van der Waals surface area contributed by atoms with Crippen molar-refractivity contribution in [3.05, 3.63) is 65.4 Å². The maximum Gasteiger partial charge on any atom is 0.167 e. The Labute approximate surface area is 106 Å². The summed E-state index contributed by atoms with van der Waals surface area (Å²) in [5.74, 6) is 0.797. The van der Waals surface area contributed by atoms with Crippen molar-refractivity contribution in [2.24, 2.45) is 0 Å². The molecular formula is C16H13NO. The van der Waals surface area contributed by atoms with E-state index in [1.165, 1.54) is 5.56 Å². The minimum atomic E-state index is 0.797. The average molecular weight is 235 g/mol. The predicted octanol–water partition coefficient (Wildman–Crippen LogP) is 4.31. The quantitative estimate of drug-likeness (QED) is 0.661. The van der Waals surface area contributed by atoms with Crippen LogP contribution < -0.4 is 0 Å². The van der Waals surface area contributed by atoms with E-state index in [2.05, 4.69) is 36.3 Å². The molecule has 0 fully saturated rings. The smallest absolute Gasteiger partial charge is 0.167 e. The van der Waals surface area contributed by atoms with Crippen molar-refractivity contribution in [2.45, 2.75) is 6.92 Å². The molecule has 0 unspecified atom stereocenters. The highest BCUT2D eigenvalue weighted by Crippen LogP contribution is 2.20. The van der Waals surface area contributed by atoms with Crippen molar-refractivity contribution < 1.29 is 4.52 Å². The molecule has 18 heavy (non-hydrogen) atoms. The van der Waals surface area contributed by atoms with Gasteiger partial charge in [-0.2, -0.15) is 0 Å². The maximum atomic E-state index is 5.32. The Morgan fingerprint density at radius 3 is 2.56 bits per heavy atom. The number of aromatic nitrogens is 1. The Hall–Kier alpha value is -2.35. The molecule has 0 amide bonds. The monoisotopic (exact) mass is 235 g/mol. The van der Waals surface area contributed by atoms with Gasteiger partial charge in [-0.15, -0.1) is 0 Å². The van der Waals surface area contributed by atoms with Crippen LogP contribution in [0.2, 0.25) is 0 Å². The van der Waals surface area contributed by atoms with Crippen molar-refractivity contribution >= 4 is 23.1 Å². The van der Waals surface area contributed by atoms with Gasteiger partial charge in [0.2, 0.25) is 0 Å². The molecule has 0 N–H and O–H groups in total. The summed E-state index contributed by atoms with van der Waals surface area (Å²) >= 11 is 0. The van der Waals surface area contributed by atoms with Gasteiger partial charge < -0.3 is 4.52 Å². The zero-order chi connectivity index (χ0) is 12.4. The lowest BCUT2D eigenvalue weighted by Crippen LogP contribution is -1.73. The molecule has 0 spiro atoms. The van der Waals surface area contributed by atoms with Gasteiger partial charge in [0.1, 0.15) is 5.52 Å². The lowest BCUT2D eigenvalue weighted by Gasteiger charge is -1.93. The van der Waals surface area contributed by atoms with Crippen molar-refractivity contribution in [1.29, 1.82) is 0 Å². The average Bonchev–Trinajstić information content (AvgIpc) is 2.82. The molecule has 2 heteroatoms. The van der Waals surface area contributed by atoms with E-state index in [4.69, 9.17) is 4.52 Å². The zero-order valence-electron chi connectivity index (χ0n) is 10.1. The van der Waals surface area contributed by atoms with Crippen LogP contribution in [0, 0.1) is 6.92 Å². The summed E-state index contributed by atoms with van der Waals surface area (Å²) in [6.45, 7) is 2.08. The van der Waals surface area contributed by atoms with E-state index in [9.17, 15) is 0 Å². The zero-order valence-corrected chi connectivity index (χ0v) is 10.1. The van der Waals surface area contributed by atoms with Crippen LogP contribution in [0.3, 0.4) is 0 Å². The van der Waals surface area contributed by atoms with Crippen molar-refractivity contribution in [3.8, 4) is 0 Å². The SMILES string of the molecule is Cc1ccc(/C=C/c2onc3ccccc23)cc1. The molecule has 0 aliphatic carbocycles. The van der Waals surface area contributed by atoms with Crippen LogP contribution in [0.1, 0.15) is 16.9 Å². The van der Waals surface area contributed by atoms with Crippen molar-refractivity contribution in [2.75, 3.05) is 0 Å². The molecule has 2 nitrogen and oxygen atoms in total. The summed E-state index contributed by atoms with van der Waals surface area (Å²) in [6, 6.07) is 16.3. The maximum absolute atomic E-state index is 5.32. The van der Waals surface area contributed by atoms with E-state index in [1.54, 1.807) is 0 Å². The van der Waals surface area contributed by atoms with Gasteiger partial charge in [0, 0.05) is 5.39 Å². The third-order valence-corrected chi connectivity index (χ3v) is 2.92. The first-order valence-electron chi connectivity index (χ1n) is 5.92. The molecule has 1 heterocycles. The van der Waals surface area contributed by atoms with Crippen molar-refractivity contribution in [3.63, 3.8) is 0 Å².